The van der Waals surface area contributed by atoms with E-state index in [9.17, 15) is 4.79 Å². The zero-order valence-corrected chi connectivity index (χ0v) is 14.9. The summed E-state index contributed by atoms with van der Waals surface area (Å²) in [5, 5.41) is 11.2. The van der Waals surface area contributed by atoms with Crippen molar-refractivity contribution in [2.45, 2.75) is 6.54 Å². The molecule has 0 saturated heterocycles. The van der Waals surface area contributed by atoms with E-state index in [1.54, 1.807) is 4.68 Å². The average molecular weight is 357 g/mol. The van der Waals surface area contributed by atoms with Crippen LogP contribution in [-0.4, -0.2) is 27.9 Å². The number of fused-ring (bicyclic) bond motifs is 1. The van der Waals surface area contributed by atoms with Crippen LogP contribution in [0.15, 0.2) is 78.9 Å². The Kier molecular flexibility index (Phi) is 4.53. The molecule has 0 fully saturated rings. The summed E-state index contributed by atoms with van der Waals surface area (Å²) >= 11 is 0. The lowest BCUT2D eigenvalue weighted by Crippen LogP contribution is -2.21. The van der Waals surface area contributed by atoms with Crippen LogP contribution < -0.4 is 10.2 Å². The van der Waals surface area contributed by atoms with Gasteiger partial charge in [0.2, 0.25) is 5.91 Å². The van der Waals surface area contributed by atoms with Gasteiger partial charge in [-0.05, 0) is 36.4 Å². The zero-order valence-electron chi connectivity index (χ0n) is 14.9. The fourth-order valence-corrected chi connectivity index (χ4v) is 3.02. The summed E-state index contributed by atoms with van der Waals surface area (Å²) in [6, 6.07) is 25.3. The van der Waals surface area contributed by atoms with Crippen LogP contribution in [0, 0.1) is 0 Å². The van der Waals surface area contributed by atoms with Crippen LogP contribution in [0.25, 0.3) is 11.0 Å². The first kappa shape index (κ1) is 16.8. The molecule has 0 saturated carbocycles. The van der Waals surface area contributed by atoms with Gasteiger partial charge in [0.05, 0.1) is 16.9 Å². The van der Waals surface area contributed by atoms with E-state index in [1.807, 2.05) is 90.8 Å². The lowest BCUT2D eigenvalue weighted by molar-refractivity contribution is -0.116. The van der Waals surface area contributed by atoms with Crippen molar-refractivity contribution in [1.29, 1.82) is 0 Å². The second-order valence-electron chi connectivity index (χ2n) is 6.20. The number of nitrogens with zero attached hydrogens (tertiary/aromatic N) is 4. The molecule has 0 aliphatic heterocycles. The van der Waals surface area contributed by atoms with E-state index in [-0.39, 0.29) is 12.5 Å². The van der Waals surface area contributed by atoms with Gasteiger partial charge in [-0.25, -0.2) is 4.68 Å². The molecule has 1 aromatic heterocycles. The monoisotopic (exact) mass is 357 g/mol. The minimum atomic E-state index is -0.153. The normalized spacial score (nSPS) is 10.7. The van der Waals surface area contributed by atoms with Crippen LogP contribution in [0.3, 0.4) is 0 Å². The fourth-order valence-electron chi connectivity index (χ4n) is 3.02. The van der Waals surface area contributed by atoms with Gasteiger partial charge in [0.25, 0.3) is 0 Å². The van der Waals surface area contributed by atoms with Gasteiger partial charge in [-0.1, -0.05) is 47.7 Å². The van der Waals surface area contributed by atoms with Gasteiger partial charge < -0.3 is 10.2 Å². The molecule has 0 unspecified atom stereocenters. The van der Waals surface area contributed by atoms with Crippen LogP contribution in [0.4, 0.5) is 17.1 Å². The van der Waals surface area contributed by atoms with E-state index >= 15 is 0 Å². The van der Waals surface area contributed by atoms with E-state index in [0.29, 0.717) is 0 Å². The first-order chi connectivity index (χ1) is 13.2. The molecule has 4 rings (SSSR count). The van der Waals surface area contributed by atoms with Crippen molar-refractivity contribution in [2.24, 2.45) is 0 Å². The number of hydrogen-bond donors (Lipinski definition) is 1. The highest BCUT2D eigenvalue weighted by molar-refractivity contribution is 5.95. The predicted octanol–water partition coefficient (Wildman–Crippen LogP) is 3.84. The SMILES string of the molecule is CN(c1ccccc1)c1ccccc1NC(=O)Cn1nnc2ccccc21. The Balaban J connectivity index is 1.55. The van der Waals surface area contributed by atoms with Crippen LogP contribution in [0.2, 0.25) is 0 Å². The number of benzene rings is 3. The quantitative estimate of drug-likeness (QED) is 0.589. The van der Waals surface area contributed by atoms with Crippen molar-refractivity contribution < 1.29 is 4.79 Å². The molecule has 0 bridgehead atoms. The molecule has 0 aliphatic rings. The van der Waals surface area contributed by atoms with Crippen molar-refractivity contribution in [1.82, 2.24) is 15.0 Å². The first-order valence-electron chi connectivity index (χ1n) is 8.68. The third kappa shape index (κ3) is 3.50. The summed E-state index contributed by atoms with van der Waals surface area (Å²) < 4.78 is 1.61. The lowest BCUT2D eigenvalue weighted by Gasteiger charge is -2.22. The van der Waals surface area contributed by atoms with Gasteiger partial charge in [0.15, 0.2) is 0 Å². The number of amides is 1. The van der Waals surface area contributed by atoms with Gasteiger partial charge in [-0.15, -0.1) is 5.10 Å². The van der Waals surface area contributed by atoms with E-state index < -0.39 is 0 Å². The minimum absolute atomic E-state index is 0.101. The molecule has 4 aromatic rings. The minimum Gasteiger partial charge on any atom is -0.343 e. The summed E-state index contributed by atoms with van der Waals surface area (Å²) in [6.45, 7) is 0.101. The standard InChI is InChI=1S/C21H19N5O/c1-25(16-9-3-2-4-10-16)19-13-7-5-11-17(19)22-21(27)15-26-20-14-8-6-12-18(20)23-24-26/h2-14H,15H2,1H3,(H,22,27). The molecular weight excluding hydrogens is 338 g/mol. The van der Waals surface area contributed by atoms with E-state index in [2.05, 4.69) is 15.6 Å². The Morgan fingerprint density at radius 2 is 1.67 bits per heavy atom. The van der Waals surface area contributed by atoms with Crippen molar-refractivity contribution >= 4 is 34.0 Å². The van der Waals surface area contributed by atoms with Crippen LogP contribution in [-0.2, 0) is 11.3 Å². The maximum Gasteiger partial charge on any atom is 0.246 e. The fraction of sp³-hybridized carbons (Fsp3) is 0.0952. The molecule has 0 aliphatic carbocycles. The lowest BCUT2D eigenvalue weighted by atomic mass is 10.2. The molecular formula is C21H19N5O. The number of anilines is 3. The predicted molar refractivity (Wildman–Crippen MR) is 107 cm³/mol. The number of hydrogen-bond acceptors (Lipinski definition) is 4. The maximum atomic E-state index is 12.6. The Bertz CT molecular complexity index is 1070. The summed E-state index contributed by atoms with van der Waals surface area (Å²) in [5.74, 6) is -0.153. The summed E-state index contributed by atoms with van der Waals surface area (Å²) in [4.78, 5) is 14.7. The largest absolute Gasteiger partial charge is 0.343 e. The molecule has 1 heterocycles. The number of carbonyl (C=O) groups excluding carboxylic acids is 1. The molecule has 134 valence electrons. The summed E-state index contributed by atoms with van der Waals surface area (Å²) in [7, 11) is 1.98. The van der Waals surface area contributed by atoms with Gasteiger partial charge in [-0.3, -0.25) is 4.79 Å². The molecule has 0 spiro atoms. The highest BCUT2D eigenvalue weighted by Crippen LogP contribution is 2.30. The molecule has 1 N–H and O–H groups in total. The zero-order chi connectivity index (χ0) is 18.6. The first-order valence-corrected chi connectivity index (χ1v) is 8.68. The van der Waals surface area contributed by atoms with E-state index in [4.69, 9.17) is 0 Å². The smallest absolute Gasteiger partial charge is 0.246 e. The van der Waals surface area contributed by atoms with Gasteiger partial charge in [0, 0.05) is 12.7 Å². The molecule has 1 amide bonds. The molecule has 3 aromatic carbocycles. The van der Waals surface area contributed by atoms with Crippen LogP contribution in [0.5, 0.6) is 0 Å². The summed E-state index contributed by atoms with van der Waals surface area (Å²) in [5.41, 5.74) is 4.32. The third-order valence-corrected chi connectivity index (χ3v) is 4.40. The highest BCUT2D eigenvalue weighted by atomic mass is 16.2. The Morgan fingerprint density at radius 3 is 2.52 bits per heavy atom. The van der Waals surface area contributed by atoms with Crippen LogP contribution >= 0.6 is 0 Å². The van der Waals surface area contributed by atoms with Gasteiger partial charge in [-0.2, -0.15) is 0 Å². The van der Waals surface area contributed by atoms with Crippen LogP contribution in [0.1, 0.15) is 0 Å². The maximum absolute atomic E-state index is 12.6. The topological polar surface area (TPSA) is 63.1 Å². The van der Waals surface area contributed by atoms with Gasteiger partial charge >= 0.3 is 0 Å². The second kappa shape index (κ2) is 7.29. The molecule has 0 radical (unpaired) electrons. The summed E-state index contributed by atoms with van der Waals surface area (Å²) in [6.07, 6.45) is 0. The molecule has 0 atom stereocenters. The second-order valence-corrected chi connectivity index (χ2v) is 6.20. The number of para-hydroxylation sites is 4. The van der Waals surface area contributed by atoms with Crippen molar-refractivity contribution in [3.8, 4) is 0 Å². The van der Waals surface area contributed by atoms with E-state index in [1.165, 1.54) is 0 Å². The van der Waals surface area contributed by atoms with E-state index in [0.717, 1.165) is 28.1 Å². The Labute approximate surface area is 157 Å². The number of aromatic nitrogens is 3. The average Bonchev–Trinajstić information content (AvgIpc) is 3.11. The van der Waals surface area contributed by atoms with Crippen molar-refractivity contribution in [2.75, 3.05) is 17.3 Å². The third-order valence-electron chi connectivity index (χ3n) is 4.40. The van der Waals surface area contributed by atoms with Gasteiger partial charge in [0.1, 0.15) is 12.1 Å². The Morgan fingerprint density at radius 1 is 0.963 bits per heavy atom. The number of nitrogens with one attached hydrogen (secondary N) is 1. The highest BCUT2D eigenvalue weighted by Gasteiger charge is 2.13. The molecule has 6 nitrogen and oxygen atoms in total. The Hall–Kier alpha value is -3.67. The number of carbonyl (C=O) groups is 1. The van der Waals surface area contributed by atoms with Crippen molar-refractivity contribution in [3.63, 3.8) is 0 Å². The molecule has 6 heteroatoms. The number of rotatable bonds is 5. The van der Waals surface area contributed by atoms with Crippen molar-refractivity contribution in [3.05, 3.63) is 78.9 Å². The molecule has 27 heavy (non-hydrogen) atoms.